The monoisotopic (exact) mass is 252 g/mol. The molecule has 0 spiro atoms. The third-order valence-electron chi connectivity index (χ3n) is 2.42. The smallest absolute Gasteiger partial charge is 0.147 e. The first-order chi connectivity index (χ1) is 8.20. The zero-order valence-corrected chi connectivity index (χ0v) is 10.2. The van der Waals surface area contributed by atoms with Gasteiger partial charge in [-0.2, -0.15) is 0 Å². The molecule has 2 heterocycles. The predicted molar refractivity (Wildman–Crippen MR) is 66.0 cm³/mol. The Bertz CT molecular complexity index is 485. The number of anilines is 1. The van der Waals surface area contributed by atoms with Crippen LogP contribution in [0.15, 0.2) is 35.3 Å². The fourth-order valence-corrected chi connectivity index (χ4v) is 1.90. The first-order valence-corrected chi connectivity index (χ1v) is 5.56. The molecule has 0 aliphatic carbocycles. The average Bonchev–Trinajstić information content (AvgIpc) is 2.81. The summed E-state index contributed by atoms with van der Waals surface area (Å²) in [5.41, 5.74) is 1.76. The molecule has 0 aromatic carbocycles. The second-order valence-corrected chi connectivity index (χ2v) is 4.20. The third-order valence-corrected chi connectivity index (χ3v) is 2.70. The van der Waals surface area contributed by atoms with E-state index in [1.165, 1.54) is 0 Å². The molecule has 0 saturated heterocycles. The van der Waals surface area contributed by atoms with Crippen molar-refractivity contribution >= 4 is 17.4 Å². The highest BCUT2D eigenvalue weighted by atomic mass is 35.5. The van der Waals surface area contributed by atoms with Gasteiger partial charge in [0.05, 0.1) is 24.2 Å². The van der Waals surface area contributed by atoms with Gasteiger partial charge < -0.3 is 14.4 Å². The summed E-state index contributed by atoms with van der Waals surface area (Å²) in [4.78, 5) is 6.16. The quantitative estimate of drug-likeness (QED) is 0.908. The highest BCUT2D eigenvalue weighted by molar-refractivity contribution is 6.33. The molecule has 2 aromatic rings. The van der Waals surface area contributed by atoms with Crippen LogP contribution >= 0.6 is 11.6 Å². The van der Waals surface area contributed by atoms with Gasteiger partial charge in [-0.25, -0.2) is 4.98 Å². The van der Waals surface area contributed by atoms with Crippen LogP contribution in [-0.2, 0) is 13.2 Å². The van der Waals surface area contributed by atoms with Gasteiger partial charge in [0.15, 0.2) is 0 Å². The summed E-state index contributed by atoms with van der Waals surface area (Å²) < 4.78 is 5.00. The largest absolute Gasteiger partial charge is 0.472 e. The Kier molecular flexibility index (Phi) is 3.66. The molecule has 0 atom stereocenters. The van der Waals surface area contributed by atoms with Crippen molar-refractivity contribution in [3.63, 3.8) is 0 Å². The molecule has 0 radical (unpaired) electrons. The molecule has 0 unspecified atom stereocenters. The third kappa shape index (κ3) is 2.78. The maximum Gasteiger partial charge on any atom is 0.147 e. The second-order valence-electron chi connectivity index (χ2n) is 3.79. The van der Waals surface area contributed by atoms with Crippen LogP contribution in [0.4, 0.5) is 5.82 Å². The van der Waals surface area contributed by atoms with Gasteiger partial charge in [-0.3, -0.25) is 0 Å². The van der Waals surface area contributed by atoms with Crippen LogP contribution < -0.4 is 4.90 Å². The molecular formula is C12H13ClN2O2. The van der Waals surface area contributed by atoms with Crippen LogP contribution in [0.25, 0.3) is 0 Å². The molecule has 0 saturated carbocycles. The molecular weight excluding hydrogens is 240 g/mol. The Labute approximate surface area is 104 Å². The van der Waals surface area contributed by atoms with E-state index < -0.39 is 0 Å². The molecule has 0 bridgehead atoms. The molecule has 0 aliphatic heterocycles. The van der Waals surface area contributed by atoms with E-state index in [2.05, 4.69) is 4.98 Å². The number of furan rings is 1. The molecule has 4 nitrogen and oxygen atoms in total. The van der Waals surface area contributed by atoms with Gasteiger partial charge in [-0.05, 0) is 17.7 Å². The maximum atomic E-state index is 8.97. The standard InChI is InChI=1S/C12H13ClN2O2/c1-15(6-9-2-3-17-8-9)12-11(13)4-10(7-16)5-14-12/h2-5,8,16H,6-7H2,1H3. The second kappa shape index (κ2) is 5.21. The Morgan fingerprint density at radius 1 is 1.47 bits per heavy atom. The summed E-state index contributed by atoms with van der Waals surface area (Å²) in [6.45, 7) is 0.611. The lowest BCUT2D eigenvalue weighted by Gasteiger charge is -2.18. The number of pyridine rings is 1. The molecule has 17 heavy (non-hydrogen) atoms. The highest BCUT2D eigenvalue weighted by Crippen LogP contribution is 2.24. The lowest BCUT2D eigenvalue weighted by atomic mass is 10.3. The van der Waals surface area contributed by atoms with Gasteiger partial charge in [-0.1, -0.05) is 11.6 Å². The van der Waals surface area contributed by atoms with E-state index in [1.54, 1.807) is 24.8 Å². The minimum Gasteiger partial charge on any atom is -0.472 e. The molecule has 2 aromatic heterocycles. The van der Waals surface area contributed by atoms with Crippen LogP contribution in [-0.4, -0.2) is 17.1 Å². The molecule has 1 N–H and O–H groups in total. The van der Waals surface area contributed by atoms with E-state index in [9.17, 15) is 0 Å². The summed E-state index contributed by atoms with van der Waals surface area (Å²) in [6, 6.07) is 3.61. The molecule has 0 amide bonds. The predicted octanol–water partition coefficient (Wildman–Crippen LogP) is 2.46. The first-order valence-electron chi connectivity index (χ1n) is 5.18. The fraction of sp³-hybridized carbons (Fsp3) is 0.250. The maximum absolute atomic E-state index is 8.97. The number of aliphatic hydroxyl groups excluding tert-OH is 1. The number of aromatic nitrogens is 1. The van der Waals surface area contributed by atoms with Crippen molar-refractivity contribution < 1.29 is 9.52 Å². The lowest BCUT2D eigenvalue weighted by Crippen LogP contribution is -2.17. The van der Waals surface area contributed by atoms with Gasteiger partial charge in [-0.15, -0.1) is 0 Å². The number of hydrogen-bond acceptors (Lipinski definition) is 4. The summed E-state index contributed by atoms with van der Waals surface area (Å²) in [7, 11) is 1.90. The molecule has 90 valence electrons. The van der Waals surface area contributed by atoms with Crippen LogP contribution in [0.3, 0.4) is 0 Å². The average molecular weight is 253 g/mol. The zero-order chi connectivity index (χ0) is 12.3. The fourth-order valence-electron chi connectivity index (χ4n) is 1.57. The summed E-state index contributed by atoms with van der Waals surface area (Å²) in [5, 5.41) is 9.50. The SMILES string of the molecule is CN(Cc1ccoc1)c1ncc(CO)cc1Cl. The van der Waals surface area contributed by atoms with E-state index in [0.717, 1.165) is 5.56 Å². The Hall–Kier alpha value is -1.52. The zero-order valence-electron chi connectivity index (χ0n) is 9.43. The number of halogens is 1. The van der Waals surface area contributed by atoms with E-state index in [1.807, 2.05) is 18.0 Å². The summed E-state index contributed by atoms with van der Waals surface area (Å²) in [5.74, 6) is 0.685. The van der Waals surface area contributed by atoms with E-state index >= 15 is 0 Å². The van der Waals surface area contributed by atoms with E-state index in [4.69, 9.17) is 21.1 Å². The summed E-state index contributed by atoms with van der Waals surface area (Å²) in [6.07, 6.45) is 4.94. The topological polar surface area (TPSA) is 49.5 Å². The van der Waals surface area contributed by atoms with Crippen LogP contribution in [0.5, 0.6) is 0 Å². The van der Waals surface area contributed by atoms with Crippen LogP contribution in [0.2, 0.25) is 5.02 Å². The van der Waals surface area contributed by atoms with Gasteiger partial charge in [0.25, 0.3) is 0 Å². The highest BCUT2D eigenvalue weighted by Gasteiger charge is 2.09. The first kappa shape index (κ1) is 12.0. The lowest BCUT2D eigenvalue weighted by molar-refractivity contribution is 0.281. The van der Waals surface area contributed by atoms with Gasteiger partial charge in [0, 0.05) is 25.4 Å². The minimum absolute atomic E-state index is 0.0571. The van der Waals surface area contributed by atoms with Crippen molar-refractivity contribution in [2.75, 3.05) is 11.9 Å². The van der Waals surface area contributed by atoms with Gasteiger partial charge in [0.2, 0.25) is 0 Å². The van der Waals surface area contributed by atoms with Crippen molar-refractivity contribution in [2.24, 2.45) is 0 Å². The molecule has 0 fully saturated rings. The van der Waals surface area contributed by atoms with Gasteiger partial charge >= 0.3 is 0 Å². The Balaban J connectivity index is 2.16. The molecule has 2 rings (SSSR count). The minimum atomic E-state index is -0.0571. The molecule has 5 heteroatoms. The van der Waals surface area contributed by atoms with Crippen molar-refractivity contribution in [2.45, 2.75) is 13.2 Å². The van der Waals surface area contributed by atoms with Crippen molar-refractivity contribution in [1.29, 1.82) is 0 Å². The number of rotatable bonds is 4. The molecule has 0 aliphatic rings. The van der Waals surface area contributed by atoms with Crippen molar-refractivity contribution in [3.05, 3.63) is 47.0 Å². The van der Waals surface area contributed by atoms with E-state index in [0.29, 0.717) is 22.9 Å². The van der Waals surface area contributed by atoms with Crippen molar-refractivity contribution in [1.82, 2.24) is 4.98 Å². The Morgan fingerprint density at radius 2 is 2.29 bits per heavy atom. The normalized spacial score (nSPS) is 10.5. The number of nitrogens with zero attached hydrogens (tertiary/aromatic N) is 2. The van der Waals surface area contributed by atoms with Crippen molar-refractivity contribution in [3.8, 4) is 0 Å². The number of hydrogen-bond donors (Lipinski definition) is 1. The number of aliphatic hydroxyl groups is 1. The summed E-state index contributed by atoms with van der Waals surface area (Å²) >= 11 is 6.10. The van der Waals surface area contributed by atoms with E-state index in [-0.39, 0.29) is 6.61 Å². The Morgan fingerprint density at radius 3 is 2.88 bits per heavy atom. The van der Waals surface area contributed by atoms with Crippen LogP contribution in [0.1, 0.15) is 11.1 Å². The van der Waals surface area contributed by atoms with Gasteiger partial charge in [0.1, 0.15) is 5.82 Å². The van der Waals surface area contributed by atoms with Crippen LogP contribution in [0, 0.1) is 0 Å².